The fourth-order valence-corrected chi connectivity index (χ4v) is 3.37. The molecule has 3 rings (SSSR count). The maximum atomic E-state index is 5.36. The van der Waals surface area contributed by atoms with Gasteiger partial charge in [0.15, 0.2) is 11.5 Å². The number of hydrogen-bond acceptors (Lipinski definition) is 6. The van der Waals surface area contributed by atoms with Crippen LogP contribution in [0.15, 0.2) is 24.3 Å². The zero-order chi connectivity index (χ0) is 18.4. The molecule has 0 amide bonds. The minimum Gasteiger partial charge on any atom is -0.493 e. The molecular weight excluding hydrogens is 328 g/mol. The van der Waals surface area contributed by atoms with Gasteiger partial charge in [0.1, 0.15) is 17.5 Å². The Morgan fingerprint density at radius 1 is 0.962 bits per heavy atom. The van der Waals surface area contributed by atoms with Crippen LogP contribution in [0.3, 0.4) is 0 Å². The van der Waals surface area contributed by atoms with Gasteiger partial charge < -0.3 is 20.1 Å². The second-order valence-corrected chi connectivity index (χ2v) is 6.71. The smallest absolute Gasteiger partial charge is 0.161 e. The number of anilines is 2. The van der Waals surface area contributed by atoms with Gasteiger partial charge in [-0.15, -0.1) is 0 Å². The number of hydrogen-bond donors (Lipinski definition) is 2. The molecule has 1 heterocycles. The van der Waals surface area contributed by atoms with E-state index in [9.17, 15) is 0 Å². The lowest BCUT2D eigenvalue weighted by atomic mass is 9.95. The van der Waals surface area contributed by atoms with E-state index in [1.165, 1.54) is 32.1 Å². The maximum Gasteiger partial charge on any atom is 0.161 e. The van der Waals surface area contributed by atoms with Crippen LogP contribution in [0.1, 0.15) is 43.5 Å². The second-order valence-electron chi connectivity index (χ2n) is 6.71. The number of nitrogens with zero attached hydrogens (tertiary/aromatic N) is 2. The molecule has 1 aromatic heterocycles. The maximum absolute atomic E-state index is 5.36. The molecule has 0 unspecified atom stereocenters. The van der Waals surface area contributed by atoms with E-state index in [-0.39, 0.29) is 0 Å². The zero-order valence-corrected chi connectivity index (χ0v) is 15.8. The van der Waals surface area contributed by atoms with Gasteiger partial charge in [0.25, 0.3) is 0 Å². The number of benzene rings is 1. The van der Waals surface area contributed by atoms with Crippen molar-refractivity contribution in [2.75, 3.05) is 24.9 Å². The van der Waals surface area contributed by atoms with Crippen LogP contribution in [0.2, 0.25) is 0 Å². The van der Waals surface area contributed by atoms with Gasteiger partial charge in [-0.25, -0.2) is 9.97 Å². The Morgan fingerprint density at radius 3 is 2.42 bits per heavy atom. The summed E-state index contributed by atoms with van der Waals surface area (Å²) in [5.41, 5.74) is 1.10. The van der Waals surface area contributed by atoms with E-state index >= 15 is 0 Å². The molecule has 0 spiro atoms. The summed E-state index contributed by atoms with van der Waals surface area (Å²) in [4.78, 5) is 9.03. The highest BCUT2D eigenvalue weighted by Gasteiger charge is 2.14. The highest BCUT2D eigenvalue weighted by atomic mass is 16.5. The first kappa shape index (κ1) is 18.3. The van der Waals surface area contributed by atoms with E-state index < -0.39 is 0 Å². The second kappa shape index (κ2) is 8.74. The Bertz CT molecular complexity index is 730. The van der Waals surface area contributed by atoms with Gasteiger partial charge in [-0.05, 0) is 37.5 Å². The van der Waals surface area contributed by atoms with Crippen molar-refractivity contribution in [2.24, 2.45) is 0 Å². The largest absolute Gasteiger partial charge is 0.493 e. The number of rotatable bonds is 7. The fraction of sp³-hybridized carbons (Fsp3) is 0.500. The lowest BCUT2D eigenvalue weighted by molar-refractivity contribution is 0.354. The molecule has 0 atom stereocenters. The van der Waals surface area contributed by atoms with Crippen molar-refractivity contribution in [1.29, 1.82) is 0 Å². The van der Waals surface area contributed by atoms with Crippen molar-refractivity contribution in [2.45, 2.75) is 51.6 Å². The van der Waals surface area contributed by atoms with Crippen molar-refractivity contribution in [3.05, 3.63) is 35.7 Å². The van der Waals surface area contributed by atoms with Crippen LogP contribution in [0.4, 0.5) is 11.6 Å². The first-order valence-corrected chi connectivity index (χ1v) is 9.25. The lowest BCUT2D eigenvalue weighted by Crippen LogP contribution is -2.23. The Labute approximate surface area is 155 Å². The third kappa shape index (κ3) is 4.77. The predicted octanol–water partition coefficient (Wildman–Crippen LogP) is 4.16. The Hall–Kier alpha value is -2.50. The number of nitrogens with one attached hydrogen (secondary N) is 2. The first-order valence-electron chi connectivity index (χ1n) is 9.25. The molecule has 0 radical (unpaired) electrons. The van der Waals surface area contributed by atoms with Gasteiger partial charge in [-0.3, -0.25) is 0 Å². The molecule has 1 saturated carbocycles. The molecule has 6 nitrogen and oxygen atoms in total. The molecular formula is C20H28N4O2. The molecule has 0 bridgehead atoms. The summed E-state index contributed by atoms with van der Waals surface area (Å²) < 4.78 is 10.6. The van der Waals surface area contributed by atoms with Crippen LogP contribution in [0.5, 0.6) is 11.5 Å². The summed E-state index contributed by atoms with van der Waals surface area (Å²) in [7, 11) is 3.28. The summed E-state index contributed by atoms with van der Waals surface area (Å²) in [5.74, 6) is 3.95. The van der Waals surface area contributed by atoms with Crippen LogP contribution in [-0.4, -0.2) is 30.2 Å². The normalized spacial score (nSPS) is 14.7. The molecule has 1 aliphatic rings. The molecule has 6 heteroatoms. The highest BCUT2D eigenvalue weighted by molar-refractivity contribution is 5.49. The van der Waals surface area contributed by atoms with Gasteiger partial charge in [-0.2, -0.15) is 0 Å². The van der Waals surface area contributed by atoms with Crippen molar-refractivity contribution < 1.29 is 9.47 Å². The van der Waals surface area contributed by atoms with Gasteiger partial charge in [0.2, 0.25) is 0 Å². The third-order valence-corrected chi connectivity index (χ3v) is 4.72. The van der Waals surface area contributed by atoms with E-state index in [0.717, 1.165) is 34.5 Å². The van der Waals surface area contributed by atoms with E-state index in [1.807, 2.05) is 31.2 Å². The lowest BCUT2D eigenvalue weighted by Gasteiger charge is -2.23. The van der Waals surface area contributed by atoms with Gasteiger partial charge in [-0.1, -0.05) is 25.3 Å². The number of ether oxygens (including phenoxy) is 2. The van der Waals surface area contributed by atoms with Crippen molar-refractivity contribution in [1.82, 2.24) is 9.97 Å². The zero-order valence-electron chi connectivity index (χ0n) is 15.8. The molecule has 0 aliphatic heterocycles. The van der Waals surface area contributed by atoms with Crippen LogP contribution in [-0.2, 0) is 6.54 Å². The molecule has 26 heavy (non-hydrogen) atoms. The molecule has 1 aromatic carbocycles. The molecule has 1 aliphatic carbocycles. The average molecular weight is 356 g/mol. The SMILES string of the molecule is COc1ccc(CNc2cc(NC3CCCCC3)nc(C)n2)cc1OC. The summed E-state index contributed by atoms with van der Waals surface area (Å²) in [5, 5.41) is 6.95. The van der Waals surface area contributed by atoms with E-state index in [2.05, 4.69) is 20.6 Å². The van der Waals surface area contributed by atoms with E-state index in [0.29, 0.717) is 12.6 Å². The molecule has 0 saturated heterocycles. The topological polar surface area (TPSA) is 68.3 Å². The van der Waals surface area contributed by atoms with Crippen molar-refractivity contribution >= 4 is 11.6 Å². The Kier molecular flexibility index (Phi) is 6.15. The summed E-state index contributed by atoms with van der Waals surface area (Å²) in [6.07, 6.45) is 6.38. The van der Waals surface area contributed by atoms with Crippen LogP contribution in [0, 0.1) is 6.92 Å². The van der Waals surface area contributed by atoms with Gasteiger partial charge in [0.05, 0.1) is 14.2 Å². The molecule has 1 fully saturated rings. The Morgan fingerprint density at radius 2 is 1.69 bits per heavy atom. The quantitative estimate of drug-likeness (QED) is 0.776. The summed E-state index contributed by atoms with van der Waals surface area (Å²) in [6, 6.07) is 8.42. The number of aromatic nitrogens is 2. The van der Waals surface area contributed by atoms with E-state index in [4.69, 9.17) is 9.47 Å². The number of aryl methyl sites for hydroxylation is 1. The van der Waals surface area contributed by atoms with Gasteiger partial charge >= 0.3 is 0 Å². The van der Waals surface area contributed by atoms with Crippen LogP contribution < -0.4 is 20.1 Å². The fourth-order valence-electron chi connectivity index (χ4n) is 3.37. The van der Waals surface area contributed by atoms with Crippen molar-refractivity contribution in [3.63, 3.8) is 0 Å². The number of methoxy groups -OCH3 is 2. The predicted molar refractivity (Wildman–Crippen MR) is 104 cm³/mol. The highest BCUT2D eigenvalue weighted by Crippen LogP contribution is 2.28. The molecule has 2 N–H and O–H groups in total. The van der Waals surface area contributed by atoms with Crippen LogP contribution >= 0.6 is 0 Å². The summed E-state index contributed by atoms with van der Waals surface area (Å²) >= 11 is 0. The van der Waals surface area contributed by atoms with E-state index in [1.54, 1.807) is 14.2 Å². The minimum atomic E-state index is 0.525. The minimum absolute atomic E-state index is 0.525. The standard InChI is InChI=1S/C20H28N4O2/c1-14-22-19(12-20(23-14)24-16-7-5-4-6-8-16)21-13-15-9-10-17(25-2)18(11-15)26-3/h9-12,16H,4-8,13H2,1-3H3,(H2,21,22,23,24). The van der Waals surface area contributed by atoms with Crippen LogP contribution in [0.25, 0.3) is 0 Å². The average Bonchev–Trinajstić information content (AvgIpc) is 2.66. The molecule has 140 valence electrons. The van der Waals surface area contributed by atoms with Crippen molar-refractivity contribution in [3.8, 4) is 11.5 Å². The monoisotopic (exact) mass is 356 g/mol. The molecule has 2 aromatic rings. The third-order valence-electron chi connectivity index (χ3n) is 4.72. The summed E-state index contributed by atoms with van der Waals surface area (Å²) in [6.45, 7) is 2.58. The first-order chi connectivity index (χ1) is 12.7. The Balaban J connectivity index is 1.66. The van der Waals surface area contributed by atoms with Gasteiger partial charge in [0, 0.05) is 18.7 Å².